The number of para-hydroxylation sites is 1. The minimum atomic E-state index is -0.150. The summed E-state index contributed by atoms with van der Waals surface area (Å²) in [6.45, 7) is 2.04. The van der Waals surface area contributed by atoms with Crippen LogP contribution in [-0.2, 0) is 0 Å². The van der Waals surface area contributed by atoms with Gasteiger partial charge in [0.2, 0.25) is 0 Å². The number of hydrogen-bond donors (Lipinski definition) is 2. The zero-order valence-corrected chi connectivity index (χ0v) is 10.3. The van der Waals surface area contributed by atoms with E-state index in [1.54, 1.807) is 0 Å². The van der Waals surface area contributed by atoms with Crippen LogP contribution in [0.4, 0.5) is 0 Å². The normalized spacial score (nSPS) is 10.1. The van der Waals surface area contributed by atoms with Gasteiger partial charge in [0.1, 0.15) is 0 Å². The van der Waals surface area contributed by atoms with Gasteiger partial charge in [-0.05, 0) is 25.0 Å². The van der Waals surface area contributed by atoms with E-state index in [-0.39, 0.29) is 12.2 Å². The summed E-state index contributed by atoms with van der Waals surface area (Å²) in [5, 5.41) is 9.70. The van der Waals surface area contributed by atoms with Crippen LogP contribution < -0.4 is 5.56 Å². The molecule has 0 radical (unpaired) electrons. The van der Waals surface area contributed by atoms with Crippen LogP contribution in [0.3, 0.4) is 0 Å². The molecule has 0 aliphatic rings. The van der Waals surface area contributed by atoms with Gasteiger partial charge in [0.15, 0.2) is 0 Å². The Morgan fingerprint density at radius 1 is 1.33 bits per heavy atom. The van der Waals surface area contributed by atoms with E-state index < -0.39 is 0 Å². The van der Waals surface area contributed by atoms with Crippen LogP contribution in [0.15, 0.2) is 29.1 Å². The fourth-order valence-corrected chi connectivity index (χ4v) is 1.88. The fraction of sp³-hybridized carbons (Fsp3) is 0.267. The van der Waals surface area contributed by atoms with Crippen molar-refractivity contribution in [2.24, 2.45) is 0 Å². The van der Waals surface area contributed by atoms with E-state index in [0.717, 1.165) is 16.5 Å². The van der Waals surface area contributed by atoms with Crippen molar-refractivity contribution >= 4 is 10.9 Å². The van der Waals surface area contributed by atoms with E-state index in [1.165, 1.54) is 0 Å². The predicted octanol–water partition coefficient (Wildman–Crippen LogP) is 1.96. The fourth-order valence-electron chi connectivity index (χ4n) is 1.88. The molecule has 2 N–H and O–H groups in total. The standard InChI is InChI=1S/C15H15NO2/c1-11-12-7-4-5-9-14(12)16-15(18)13(11)8-3-2-6-10-17/h4-5,7,9,17H,2,6,10H2,1H3,(H,16,18). The first-order valence-electron chi connectivity index (χ1n) is 5.95. The maximum Gasteiger partial charge on any atom is 0.264 e. The highest BCUT2D eigenvalue weighted by Crippen LogP contribution is 2.16. The van der Waals surface area contributed by atoms with E-state index in [0.29, 0.717) is 18.4 Å². The van der Waals surface area contributed by atoms with E-state index in [9.17, 15) is 4.79 Å². The molecule has 0 saturated carbocycles. The lowest BCUT2D eigenvalue weighted by molar-refractivity contribution is 0.290. The molecule has 0 amide bonds. The number of aromatic nitrogens is 1. The molecule has 0 unspecified atom stereocenters. The number of H-pyrrole nitrogens is 1. The number of aliphatic hydroxyl groups is 1. The summed E-state index contributed by atoms with van der Waals surface area (Å²) in [6.07, 6.45) is 1.24. The van der Waals surface area contributed by atoms with Gasteiger partial charge in [0.05, 0.1) is 5.56 Å². The molecule has 0 aliphatic heterocycles. The van der Waals surface area contributed by atoms with Gasteiger partial charge in [-0.1, -0.05) is 30.0 Å². The molecular formula is C15H15NO2. The Balaban J connectivity index is 2.50. The third-order valence-electron chi connectivity index (χ3n) is 2.85. The van der Waals surface area contributed by atoms with Gasteiger partial charge in [-0.2, -0.15) is 0 Å². The molecule has 1 aromatic heterocycles. The number of hydrogen-bond acceptors (Lipinski definition) is 2. The first-order chi connectivity index (χ1) is 8.74. The van der Waals surface area contributed by atoms with Crippen LogP contribution in [0.2, 0.25) is 0 Å². The zero-order valence-electron chi connectivity index (χ0n) is 10.3. The lowest BCUT2D eigenvalue weighted by Gasteiger charge is -2.03. The van der Waals surface area contributed by atoms with Gasteiger partial charge in [0.25, 0.3) is 5.56 Å². The van der Waals surface area contributed by atoms with Gasteiger partial charge in [0, 0.05) is 23.9 Å². The third kappa shape index (κ3) is 2.44. The molecule has 2 rings (SSSR count). The van der Waals surface area contributed by atoms with Crippen molar-refractivity contribution in [2.45, 2.75) is 19.8 Å². The number of unbranched alkanes of at least 4 members (excludes halogenated alkanes) is 1. The Kier molecular flexibility index (Phi) is 3.81. The summed E-state index contributed by atoms with van der Waals surface area (Å²) in [6, 6.07) is 7.69. The Morgan fingerprint density at radius 2 is 2.11 bits per heavy atom. The average molecular weight is 241 g/mol. The van der Waals surface area contributed by atoms with Gasteiger partial charge in [-0.15, -0.1) is 0 Å². The molecule has 0 atom stereocenters. The third-order valence-corrected chi connectivity index (χ3v) is 2.85. The second-order valence-electron chi connectivity index (χ2n) is 4.13. The molecule has 0 bridgehead atoms. The Hall–Kier alpha value is -2.05. The van der Waals surface area contributed by atoms with Crippen molar-refractivity contribution in [3.63, 3.8) is 0 Å². The summed E-state index contributed by atoms with van der Waals surface area (Å²) in [4.78, 5) is 14.7. The highest BCUT2D eigenvalue weighted by molar-refractivity contribution is 5.83. The highest BCUT2D eigenvalue weighted by atomic mass is 16.2. The van der Waals surface area contributed by atoms with Crippen molar-refractivity contribution < 1.29 is 5.11 Å². The number of aliphatic hydroxyl groups excluding tert-OH is 1. The number of benzene rings is 1. The maximum atomic E-state index is 11.9. The number of rotatable bonds is 2. The minimum Gasteiger partial charge on any atom is -0.396 e. The minimum absolute atomic E-state index is 0.127. The molecule has 92 valence electrons. The van der Waals surface area contributed by atoms with E-state index in [4.69, 9.17) is 5.11 Å². The summed E-state index contributed by atoms with van der Waals surface area (Å²) < 4.78 is 0. The second-order valence-corrected chi connectivity index (χ2v) is 4.13. The maximum absolute atomic E-state index is 11.9. The summed E-state index contributed by atoms with van der Waals surface area (Å²) >= 11 is 0. The monoisotopic (exact) mass is 241 g/mol. The van der Waals surface area contributed by atoms with Gasteiger partial charge in [-0.3, -0.25) is 4.79 Å². The van der Waals surface area contributed by atoms with Crippen molar-refractivity contribution in [1.82, 2.24) is 4.98 Å². The average Bonchev–Trinajstić information content (AvgIpc) is 2.38. The Labute approximate surface area is 105 Å². The molecule has 0 fully saturated rings. The molecule has 2 aromatic rings. The Morgan fingerprint density at radius 3 is 2.89 bits per heavy atom. The summed E-state index contributed by atoms with van der Waals surface area (Å²) in [5.74, 6) is 5.82. The van der Waals surface area contributed by atoms with Crippen LogP contribution in [0.1, 0.15) is 24.0 Å². The molecule has 18 heavy (non-hydrogen) atoms. The van der Waals surface area contributed by atoms with Gasteiger partial charge >= 0.3 is 0 Å². The second kappa shape index (κ2) is 5.52. The molecule has 0 saturated heterocycles. The lowest BCUT2D eigenvalue weighted by atomic mass is 10.1. The molecule has 3 heteroatoms. The molecule has 0 spiro atoms. The van der Waals surface area contributed by atoms with E-state index >= 15 is 0 Å². The topological polar surface area (TPSA) is 53.1 Å². The van der Waals surface area contributed by atoms with Crippen LogP contribution in [0, 0.1) is 18.8 Å². The van der Waals surface area contributed by atoms with Gasteiger partial charge in [-0.25, -0.2) is 0 Å². The summed E-state index contributed by atoms with van der Waals surface area (Å²) in [5.41, 5.74) is 2.11. The number of pyridine rings is 1. The van der Waals surface area contributed by atoms with Crippen molar-refractivity contribution in [1.29, 1.82) is 0 Å². The first kappa shape index (κ1) is 12.4. The molecule has 1 heterocycles. The van der Waals surface area contributed by atoms with Crippen molar-refractivity contribution in [2.75, 3.05) is 6.61 Å². The van der Waals surface area contributed by atoms with Crippen molar-refractivity contribution in [3.8, 4) is 11.8 Å². The molecule has 3 nitrogen and oxygen atoms in total. The first-order valence-corrected chi connectivity index (χ1v) is 5.95. The van der Waals surface area contributed by atoms with Crippen LogP contribution in [-0.4, -0.2) is 16.7 Å². The largest absolute Gasteiger partial charge is 0.396 e. The molecular weight excluding hydrogens is 226 g/mol. The zero-order chi connectivity index (χ0) is 13.0. The lowest BCUT2D eigenvalue weighted by Crippen LogP contribution is -2.12. The quantitative estimate of drug-likeness (QED) is 0.624. The predicted molar refractivity (Wildman–Crippen MR) is 72.5 cm³/mol. The number of nitrogens with one attached hydrogen (secondary N) is 1. The smallest absolute Gasteiger partial charge is 0.264 e. The Bertz CT molecular complexity index is 674. The molecule has 1 aromatic carbocycles. The van der Waals surface area contributed by atoms with Gasteiger partial charge < -0.3 is 10.1 Å². The van der Waals surface area contributed by atoms with Crippen molar-refractivity contribution in [3.05, 3.63) is 45.7 Å². The van der Waals surface area contributed by atoms with E-state index in [2.05, 4.69) is 16.8 Å². The summed E-state index contributed by atoms with van der Waals surface area (Å²) in [7, 11) is 0. The number of aryl methyl sites for hydroxylation is 1. The molecule has 0 aliphatic carbocycles. The van der Waals surface area contributed by atoms with Crippen LogP contribution >= 0.6 is 0 Å². The van der Waals surface area contributed by atoms with Crippen LogP contribution in [0.25, 0.3) is 10.9 Å². The highest BCUT2D eigenvalue weighted by Gasteiger charge is 2.05. The van der Waals surface area contributed by atoms with Crippen LogP contribution in [0.5, 0.6) is 0 Å². The van der Waals surface area contributed by atoms with E-state index in [1.807, 2.05) is 31.2 Å². The number of fused-ring (bicyclic) bond motifs is 1. The SMILES string of the molecule is Cc1c(C#CCCCO)c(=O)[nH]c2ccccc12. The number of aromatic amines is 1.